The van der Waals surface area contributed by atoms with Crippen molar-refractivity contribution < 1.29 is 18.8 Å². The van der Waals surface area contributed by atoms with Crippen molar-refractivity contribution in [3.63, 3.8) is 0 Å². The Morgan fingerprint density at radius 1 is 1.69 bits per heavy atom. The van der Waals surface area contributed by atoms with Crippen molar-refractivity contribution in [2.45, 2.75) is 13.0 Å². The van der Waals surface area contributed by atoms with Crippen molar-refractivity contribution in [2.75, 3.05) is 38.2 Å². The van der Waals surface area contributed by atoms with Crippen LogP contribution in [0, 0.1) is 5.92 Å². The lowest BCUT2D eigenvalue weighted by atomic mass is 10.2. The van der Waals surface area contributed by atoms with E-state index in [9.17, 15) is 9.00 Å². The quantitative estimate of drug-likeness (QED) is 0.730. The third-order valence-electron chi connectivity index (χ3n) is 2.57. The van der Waals surface area contributed by atoms with Gasteiger partial charge in [-0.2, -0.15) is 0 Å². The second kappa shape index (κ2) is 6.32. The second-order valence-corrected chi connectivity index (χ2v) is 5.81. The molecule has 1 saturated heterocycles. The number of carboxylic acids is 1. The minimum atomic E-state index is -1.12. The number of aliphatic carboxylic acids is 1. The Morgan fingerprint density at radius 3 is 2.94 bits per heavy atom. The molecule has 3 atom stereocenters. The Hall–Kier alpha value is -0.460. The standard InChI is InChI=1S/C10H19NO4S/c1-8(10(12)13)6-16(14)7-9-5-11(2)3-4-15-9/h8-9H,3-7H2,1-2H3,(H,12,13). The van der Waals surface area contributed by atoms with Gasteiger partial charge >= 0.3 is 5.97 Å². The number of carboxylic acid groups (broad SMARTS) is 1. The third kappa shape index (κ3) is 4.59. The molecule has 0 aromatic heterocycles. The number of nitrogens with zero attached hydrogens (tertiary/aromatic N) is 1. The molecule has 3 unspecified atom stereocenters. The first-order valence-electron chi connectivity index (χ1n) is 5.37. The summed E-state index contributed by atoms with van der Waals surface area (Å²) in [6.07, 6.45) is -0.0272. The molecular weight excluding hydrogens is 230 g/mol. The van der Waals surface area contributed by atoms with Crippen LogP contribution >= 0.6 is 0 Å². The first-order chi connectivity index (χ1) is 7.49. The van der Waals surface area contributed by atoms with Crippen LogP contribution in [0.3, 0.4) is 0 Å². The van der Waals surface area contributed by atoms with Crippen LogP contribution in [0.15, 0.2) is 0 Å². The van der Waals surface area contributed by atoms with E-state index in [4.69, 9.17) is 9.84 Å². The predicted molar refractivity (Wildman–Crippen MR) is 61.9 cm³/mol. The number of hydrogen-bond acceptors (Lipinski definition) is 4. The molecule has 1 heterocycles. The number of ether oxygens (including phenoxy) is 1. The van der Waals surface area contributed by atoms with Gasteiger partial charge in [0.15, 0.2) is 0 Å². The van der Waals surface area contributed by atoms with E-state index in [1.807, 2.05) is 7.05 Å². The Morgan fingerprint density at radius 2 is 2.38 bits per heavy atom. The first-order valence-corrected chi connectivity index (χ1v) is 6.85. The molecule has 0 spiro atoms. The van der Waals surface area contributed by atoms with Crippen molar-refractivity contribution in [1.82, 2.24) is 4.90 Å². The molecule has 0 bridgehead atoms. The van der Waals surface area contributed by atoms with Crippen molar-refractivity contribution in [3.05, 3.63) is 0 Å². The summed E-state index contributed by atoms with van der Waals surface area (Å²) < 4.78 is 17.2. The minimum Gasteiger partial charge on any atom is -0.481 e. The van der Waals surface area contributed by atoms with Gasteiger partial charge in [-0.15, -0.1) is 0 Å². The van der Waals surface area contributed by atoms with Gasteiger partial charge in [-0.1, -0.05) is 6.92 Å². The van der Waals surface area contributed by atoms with Gasteiger partial charge in [-0.25, -0.2) is 0 Å². The van der Waals surface area contributed by atoms with E-state index in [0.717, 1.165) is 13.1 Å². The summed E-state index contributed by atoms with van der Waals surface area (Å²) in [6.45, 7) is 3.91. The van der Waals surface area contributed by atoms with Crippen molar-refractivity contribution in [2.24, 2.45) is 5.92 Å². The van der Waals surface area contributed by atoms with Crippen LogP contribution in [0.25, 0.3) is 0 Å². The third-order valence-corrected chi connectivity index (χ3v) is 4.19. The van der Waals surface area contributed by atoms with Crippen LogP contribution in [-0.4, -0.2) is 64.5 Å². The topological polar surface area (TPSA) is 66.8 Å². The van der Waals surface area contributed by atoms with E-state index < -0.39 is 22.7 Å². The summed E-state index contributed by atoms with van der Waals surface area (Å²) in [5.74, 6) is -0.807. The molecule has 16 heavy (non-hydrogen) atoms. The van der Waals surface area contributed by atoms with Crippen molar-refractivity contribution in [1.29, 1.82) is 0 Å². The first kappa shape index (κ1) is 13.6. The van der Waals surface area contributed by atoms with E-state index in [1.54, 1.807) is 6.92 Å². The SMILES string of the molecule is CC(CS(=O)CC1CN(C)CCO1)C(=O)O. The Kier molecular flexibility index (Phi) is 5.37. The van der Waals surface area contributed by atoms with Crippen LogP contribution in [0.4, 0.5) is 0 Å². The molecule has 0 aromatic rings. The van der Waals surface area contributed by atoms with Crippen molar-refractivity contribution in [3.8, 4) is 0 Å². The zero-order valence-electron chi connectivity index (χ0n) is 9.72. The Bertz CT molecular complexity index is 272. The van der Waals surface area contributed by atoms with Gasteiger partial charge in [0.1, 0.15) is 0 Å². The van der Waals surface area contributed by atoms with Crippen LogP contribution in [-0.2, 0) is 20.3 Å². The van der Waals surface area contributed by atoms with Gasteiger partial charge in [0.2, 0.25) is 0 Å². The average Bonchev–Trinajstić information content (AvgIpc) is 2.16. The minimum absolute atomic E-state index is 0.0272. The van der Waals surface area contributed by atoms with E-state index in [0.29, 0.717) is 12.4 Å². The highest BCUT2D eigenvalue weighted by atomic mass is 32.2. The van der Waals surface area contributed by atoms with Crippen LogP contribution in [0.1, 0.15) is 6.92 Å². The fourth-order valence-electron chi connectivity index (χ4n) is 1.59. The van der Waals surface area contributed by atoms with Gasteiger partial charge in [0.05, 0.1) is 24.4 Å². The zero-order valence-corrected chi connectivity index (χ0v) is 10.5. The lowest BCUT2D eigenvalue weighted by Gasteiger charge is -2.29. The molecule has 0 amide bonds. The highest BCUT2D eigenvalue weighted by Crippen LogP contribution is 2.07. The number of likely N-dealkylation sites (N-methyl/N-ethyl adjacent to an activating group) is 1. The fraction of sp³-hybridized carbons (Fsp3) is 0.900. The summed E-state index contributed by atoms with van der Waals surface area (Å²) in [5.41, 5.74) is 0. The predicted octanol–water partition coefficient (Wildman–Crippen LogP) is -0.214. The molecule has 0 aliphatic carbocycles. The molecule has 5 nitrogen and oxygen atoms in total. The summed E-state index contributed by atoms with van der Waals surface area (Å²) in [5, 5.41) is 8.70. The summed E-state index contributed by atoms with van der Waals surface area (Å²) in [6, 6.07) is 0. The van der Waals surface area contributed by atoms with Crippen LogP contribution in [0.2, 0.25) is 0 Å². The largest absolute Gasteiger partial charge is 0.481 e. The highest BCUT2D eigenvalue weighted by molar-refractivity contribution is 7.85. The van der Waals surface area contributed by atoms with E-state index >= 15 is 0 Å². The molecule has 1 aliphatic heterocycles. The molecule has 1 aliphatic rings. The molecule has 1 N–H and O–H groups in total. The maximum absolute atomic E-state index is 11.7. The molecule has 0 radical (unpaired) electrons. The van der Waals surface area contributed by atoms with Gasteiger partial charge < -0.3 is 14.7 Å². The molecule has 1 fully saturated rings. The number of morpholine rings is 1. The van der Waals surface area contributed by atoms with E-state index in [2.05, 4.69) is 4.90 Å². The smallest absolute Gasteiger partial charge is 0.307 e. The summed E-state index contributed by atoms with van der Waals surface area (Å²) in [7, 11) is 0.883. The molecule has 94 valence electrons. The van der Waals surface area contributed by atoms with E-state index in [-0.39, 0.29) is 11.9 Å². The van der Waals surface area contributed by atoms with Crippen molar-refractivity contribution >= 4 is 16.8 Å². The maximum atomic E-state index is 11.7. The van der Waals surface area contributed by atoms with Gasteiger partial charge in [0, 0.05) is 29.6 Å². The summed E-state index contributed by atoms with van der Waals surface area (Å²) >= 11 is 0. The molecular formula is C10H19NO4S. The van der Waals surface area contributed by atoms with Crippen LogP contribution in [0.5, 0.6) is 0 Å². The van der Waals surface area contributed by atoms with Gasteiger partial charge in [-0.05, 0) is 7.05 Å². The molecule has 1 rings (SSSR count). The molecule has 6 heteroatoms. The number of hydrogen-bond donors (Lipinski definition) is 1. The lowest BCUT2D eigenvalue weighted by Crippen LogP contribution is -2.43. The monoisotopic (exact) mass is 249 g/mol. The fourth-order valence-corrected chi connectivity index (χ4v) is 3.05. The maximum Gasteiger partial charge on any atom is 0.307 e. The van der Waals surface area contributed by atoms with Gasteiger partial charge in [0.25, 0.3) is 0 Å². The van der Waals surface area contributed by atoms with Gasteiger partial charge in [-0.3, -0.25) is 9.00 Å². The molecule has 0 aromatic carbocycles. The highest BCUT2D eigenvalue weighted by Gasteiger charge is 2.22. The molecule has 0 saturated carbocycles. The van der Waals surface area contributed by atoms with Crippen LogP contribution < -0.4 is 0 Å². The zero-order chi connectivity index (χ0) is 12.1. The Labute approximate surface area is 98.2 Å². The Balaban J connectivity index is 2.30. The number of carbonyl (C=O) groups is 1. The number of rotatable bonds is 5. The van der Waals surface area contributed by atoms with E-state index in [1.165, 1.54) is 0 Å². The normalized spacial score (nSPS) is 26.2. The lowest BCUT2D eigenvalue weighted by molar-refractivity contribution is -0.140. The summed E-state index contributed by atoms with van der Waals surface area (Å²) in [4.78, 5) is 12.7. The second-order valence-electron chi connectivity index (χ2n) is 4.27. The average molecular weight is 249 g/mol.